The van der Waals surface area contributed by atoms with Crippen LogP contribution in [0, 0.1) is 0 Å². The number of halogens is 2. The van der Waals surface area contributed by atoms with Gasteiger partial charge in [0.25, 0.3) is 0 Å². The van der Waals surface area contributed by atoms with Crippen molar-refractivity contribution < 1.29 is 9.53 Å². The number of nitrogens with zero attached hydrogens (tertiary/aromatic N) is 2. The molecule has 2 aromatic rings. The molecule has 0 atom stereocenters. The first-order valence-electron chi connectivity index (χ1n) is 8.88. The van der Waals surface area contributed by atoms with E-state index in [-0.39, 0.29) is 16.3 Å². The fourth-order valence-electron chi connectivity index (χ4n) is 2.87. The summed E-state index contributed by atoms with van der Waals surface area (Å²) in [5.41, 5.74) is 0.917. The lowest BCUT2D eigenvalue weighted by Crippen LogP contribution is -2.21. The third-order valence-electron chi connectivity index (χ3n) is 4.79. The summed E-state index contributed by atoms with van der Waals surface area (Å²) >= 11 is 12.5. The monoisotopic (exact) mass is 403 g/mol. The lowest BCUT2D eigenvalue weighted by Gasteiger charge is -2.17. The molecule has 0 spiro atoms. The maximum Gasteiger partial charge on any atom is 0.358 e. The van der Waals surface area contributed by atoms with E-state index in [0.717, 1.165) is 31.2 Å². The van der Waals surface area contributed by atoms with E-state index >= 15 is 0 Å². The van der Waals surface area contributed by atoms with E-state index in [0.29, 0.717) is 22.6 Å². The van der Waals surface area contributed by atoms with Gasteiger partial charge in [0.15, 0.2) is 5.69 Å². The summed E-state index contributed by atoms with van der Waals surface area (Å²) in [6, 6.07) is 7.67. The number of nitrogens with one attached hydrogen (secondary N) is 1. The zero-order valence-electron chi connectivity index (χ0n) is 14.8. The second-order valence-corrected chi connectivity index (χ2v) is 7.84. The second-order valence-electron chi connectivity index (χ2n) is 7.03. The Morgan fingerprint density at radius 1 is 1.30 bits per heavy atom. The number of carbonyl (C=O) groups is 1. The van der Waals surface area contributed by atoms with Gasteiger partial charge in [0.05, 0.1) is 12.6 Å². The van der Waals surface area contributed by atoms with Gasteiger partial charge in [-0.3, -0.25) is 0 Å². The van der Waals surface area contributed by atoms with Crippen molar-refractivity contribution in [1.82, 2.24) is 9.97 Å². The quantitative estimate of drug-likeness (QED) is 0.679. The van der Waals surface area contributed by atoms with Crippen molar-refractivity contribution in [3.05, 3.63) is 57.5 Å². The third kappa shape index (κ3) is 4.09. The molecular formula is C20H19Cl2N3O2. The highest BCUT2D eigenvalue weighted by molar-refractivity contribution is 6.35. The number of aromatic nitrogens is 2. The molecule has 1 aromatic carbocycles. The molecule has 1 heterocycles. The molecule has 4 rings (SSSR count). The molecule has 2 fully saturated rings. The van der Waals surface area contributed by atoms with Crippen LogP contribution in [0.4, 0.5) is 5.82 Å². The molecule has 27 heavy (non-hydrogen) atoms. The number of rotatable bonds is 6. The van der Waals surface area contributed by atoms with Crippen molar-refractivity contribution in [2.24, 2.45) is 0 Å². The van der Waals surface area contributed by atoms with Crippen LogP contribution in [0.25, 0.3) is 6.08 Å². The average molecular weight is 404 g/mol. The smallest absolute Gasteiger partial charge is 0.358 e. The Labute approximate surface area is 167 Å². The van der Waals surface area contributed by atoms with Crippen LogP contribution >= 0.6 is 23.2 Å². The van der Waals surface area contributed by atoms with Crippen LogP contribution in [0.1, 0.15) is 53.5 Å². The Hall–Kier alpha value is -2.11. The van der Waals surface area contributed by atoms with Crippen LogP contribution in [0.15, 0.2) is 30.3 Å². The molecular weight excluding hydrogens is 385 g/mol. The van der Waals surface area contributed by atoms with Crippen LogP contribution in [-0.4, -0.2) is 28.6 Å². The summed E-state index contributed by atoms with van der Waals surface area (Å²) in [6.07, 6.45) is 8.10. The zero-order valence-corrected chi connectivity index (χ0v) is 16.3. The van der Waals surface area contributed by atoms with Crippen LogP contribution in [0.2, 0.25) is 10.0 Å². The molecule has 2 saturated carbocycles. The minimum absolute atomic E-state index is 0.119. The second kappa shape index (κ2) is 7.13. The summed E-state index contributed by atoms with van der Waals surface area (Å²) in [7, 11) is 1.32. The zero-order chi connectivity index (χ0) is 19.0. The summed E-state index contributed by atoms with van der Waals surface area (Å²) in [5, 5.41) is 4.32. The predicted molar refractivity (Wildman–Crippen MR) is 106 cm³/mol. The largest absolute Gasteiger partial charge is 0.464 e. The Balaban J connectivity index is 1.61. The molecule has 7 heteroatoms. The van der Waals surface area contributed by atoms with E-state index in [2.05, 4.69) is 21.4 Å². The number of esters is 1. The molecule has 1 N–H and O–H groups in total. The first kappa shape index (κ1) is 18.3. The van der Waals surface area contributed by atoms with Gasteiger partial charge >= 0.3 is 5.97 Å². The molecule has 1 aromatic heterocycles. The first-order chi connectivity index (χ1) is 13.0. The minimum Gasteiger partial charge on any atom is -0.464 e. The van der Waals surface area contributed by atoms with Crippen molar-refractivity contribution in [1.29, 1.82) is 0 Å². The molecule has 2 aliphatic rings. The van der Waals surface area contributed by atoms with Crippen molar-refractivity contribution >= 4 is 41.1 Å². The first-order valence-corrected chi connectivity index (χ1v) is 9.64. The minimum atomic E-state index is -0.549. The van der Waals surface area contributed by atoms with E-state index in [1.54, 1.807) is 0 Å². The number of anilines is 1. The molecule has 2 aliphatic carbocycles. The van der Waals surface area contributed by atoms with E-state index < -0.39 is 5.97 Å². The Morgan fingerprint density at radius 3 is 2.70 bits per heavy atom. The topological polar surface area (TPSA) is 64.1 Å². The number of hydrogen-bond acceptors (Lipinski definition) is 5. The van der Waals surface area contributed by atoms with Crippen LogP contribution in [0.5, 0.6) is 0 Å². The fourth-order valence-corrected chi connectivity index (χ4v) is 3.28. The van der Waals surface area contributed by atoms with Gasteiger partial charge in [-0.05, 0) is 43.4 Å². The van der Waals surface area contributed by atoms with E-state index in [4.69, 9.17) is 27.9 Å². The third-order valence-corrected chi connectivity index (χ3v) is 5.38. The lowest BCUT2D eigenvalue weighted by atomic mass is 10.1. The maximum atomic E-state index is 12.1. The Bertz CT molecular complexity index is 921. The SMILES string of the molecule is COC(=O)c1nc(C2CC2)nc(NC2(C=Cc3cccc(Cl)c3)CC2)c1Cl. The predicted octanol–water partition coefficient (Wildman–Crippen LogP) is 5.11. The molecule has 0 bridgehead atoms. The number of carbonyl (C=O) groups excluding carboxylic acids is 1. The Kier molecular flexibility index (Phi) is 4.82. The summed E-state index contributed by atoms with van der Waals surface area (Å²) in [4.78, 5) is 21.0. The average Bonchev–Trinajstić information content (AvgIpc) is 3.57. The van der Waals surface area contributed by atoms with Gasteiger partial charge in [0.2, 0.25) is 0 Å². The van der Waals surface area contributed by atoms with Crippen molar-refractivity contribution in [2.75, 3.05) is 12.4 Å². The maximum absolute atomic E-state index is 12.1. The van der Waals surface area contributed by atoms with Crippen LogP contribution in [-0.2, 0) is 4.74 Å². The summed E-state index contributed by atoms with van der Waals surface area (Å²) < 4.78 is 4.82. The number of ether oxygens (including phenoxy) is 1. The van der Waals surface area contributed by atoms with Crippen molar-refractivity contribution in [3.63, 3.8) is 0 Å². The van der Waals surface area contributed by atoms with Gasteiger partial charge in [-0.2, -0.15) is 0 Å². The number of methoxy groups -OCH3 is 1. The molecule has 0 aliphatic heterocycles. The van der Waals surface area contributed by atoms with Gasteiger partial charge < -0.3 is 10.1 Å². The van der Waals surface area contributed by atoms with E-state index in [1.165, 1.54) is 7.11 Å². The van der Waals surface area contributed by atoms with Gasteiger partial charge in [0, 0.05) is 10.9 Å². The molecule has 140 valence electrons. The highest BCUT2D eigenvalue weighted by atomic mass is 35.5. The molecule has 5 nitrogen and oxygen atoms in total. The standard InChI is InChI=1S/C20H19Cl2N3O2/c1-27-19(26)16-15(22)18(24-17(23-16)13-5-6-13)25-20(9-10-20)8-7-12-3-2-4-14(21)11-12/h2-4,7-8,11,13H,5-6,9-10H2,1H3,(H,23,24,25). The molecule has 0 saturated heterocycles. The normalized spacial score (nSPS) is 17.7. The highest BCUT2D eigenvalue weighted by Gasteiger charge is 2.41. The van der Waals surface area contributed by atoms with Crippen molar-refractivity contribution in [3.8, 4) is 0 Å². The number of benzene rings is 1. The molecule has 0 amide bonds. The lowest BCUT2D eigenvalue weighted by molar-refractivity contribution is 0.0593. The van der Waals surface area contributed by atoms with Gasteiger partial charge in [-0.1, -0.05) is 47.5 Å². The van der Waals surface area contributed by atoms with Gasteiger partial charge in [-0.25, -0.2) is 14.8 Å². The highest BCUT2D eigenvalue weighted by Crippen LogP contribution is 2.44. The molecule has 0 radical (unpaired) electrons. The van der Waals surface area contributed by atoms with Crippen molar-refractivity contribution in [2.45, 2.75) is 37.1 Å². The van der Waals surface area contributed by atoms with Gasteiger partial charge in [0.1, 0.15) is 16.7 Å². The summed E-state index contributed by atoms with van der Waals surface area (Å²) in [6.45, 7) is 0. The van der Waals surface area contributed by atoms with Crippen LogP contribution < -0.4 is 5.32 Å². The van der Waals surface area contributed by atoms with E-state index in [1.807, 2.05) is 30.3 Å². The molecule has 0 unspecified atom stereocenters. The fraction of sp³-hybridized carbons (Fsp3) is 0.350. The van der Waals surface area contributed by atoms with Gasteiger partial charge in [-0.15, -0.1) is 0 Å². The Morgan fingerprint density at radius 2 is 2.07 bits per heavy atom. The number of hydrogen-bond donors (Lipinski definition) is 1. The van der Waals surface area contributed by atoms with Crippen LogP contribution in [0.3, 0.4) is 0 Å². The summed E-state index contributed by atoms with van der Waals surface area (Å²) in [5.74, 6) is 0.883. The van der Waals surface area contributed by atoms with E-state index in [9.17, 15) is 4.79 Å².